The van der Waals surface area contributed by atoms with Gasteiger partial charge in [0.1, 0.15) is 0 Å². The minimum Gasteiger partial charge on any atom is -0.312 e. The Morgan fingerprint density at radius 1 is 1.35 bits per heavy atom. The van der Waals surface area contributed by atoms with Crippen LogP contribution in [0.2, 0.25) is 0 Å². The molecule has 0 spiro atoms. The SMILES string of the molecule is CC(Cl)C(=O)c1ccc(N2CCCC2=O)cc1. The molecule has 17 heavy (non-hydrogen) atoms. The van der Waals surface area contributed by atoms with Gasteiger partial charge in [-0.3, -0.25) is 9.59 Å². The molecule has 0 aliphatic carbocycles. The van der Waals surface area contributed by atoms with Crippen molar-refractivity contribution in [3.8, 4) is 0 Å². The van der Waals surface area contributed by atoms with Crippen LogP contribution in [0.4, 0.5) is 5.69 Å². The van der Waals surface area contributed by atoms with Gasteiger partial charge < -0.3 is 4.90 Å². The van der Waals surface area contributed by atoms with E-state index in [1.807, 2.05) is 0 Å². The number of nitrogens with zero attached hydrogens (tertiary/aromatic N) is 1. The lowest BCUT2D eigenvalue weighted by Crippen LogP contribution is -2.23. The average Bonchev–Trinajstić information content (AvgIpc) is 2.74. The van der Waals surface area contributed by atoms with E-state index in [0.29, 0.717) is 12.0 Å². The van der Waals surface area contributed by atoms with Crippen LogP contribution in [0.15, 0.2) is 24.3 Å². The molecule has 1 aromatic carbocycles. The summed E-state index contributed by atoms with van der Waals surface area (Å²) in [5, 5.41) is -0.519. The number of carbonyl (C=O) groups is 2. The molecule has 0 bridgehead atoms. The first-order chi connectivity index (χ1) is 8.09. The summed E-state index contributed by atoms with van der Waals surface area (Å²) in [4.78, 5) is 24.9. The van der Waals surface area contributed by atoms with Gasteiger partial charge in [-0.15, -0.1) is 11.6 Å². The third kappa shape index (κ3) is 2.50. The molecule has 4 heteroatoms. The number of hydrogen-bond donors (Lipinski definition) is 0. The van der Waals surface area contributed by atoms with E-state index in [2.05, 4.69) is 0 Å². The fraction of sp³-hybridized carbons (Fsp3) is 0.385. The minimum absolute atomic E-state index is 0.0917. The normalized spacial score (nSPS) is 17.3. The van der Waals surface area contributed by atoms with Crippen molar-refractivity contribution < 1.29 is 9.59 Å². The molecule has 1 atom stereocenters. The predicted molar refractivity (Wildman–Crippen MR) is 67.7 cm³/mol. The zero-order valence-corrected chi connectivity index (χ0v) is 10.4. The number of alkyl halides is 1. The Morgan fingerprint density at radius 2 is 2.00 bits per heavy atom. The van der Waals surface area contributed by atoms with E-state index < -0.39 is 5.38 Å². The van der Waals surface area contributed by atoms with E-state index in [1.165, 1.54) is 0 Å². The van der Waals surface area contributed by atoms with Crippen LogP contribution in [0.1, 0.15) is 30.1 Å². The highest BCUT2D eigenvalue weighted by molar-refractivity contribution is 6.33. The van der Waals surface area contributed by atoms with Gasteiger partial charge in [0.05, 0.1) is 5.38 Å². The lowest BCUT2D eigenvalue weighted by molar-refractivity contribution is -0.117. The second-order valence-corrected chi connectivity index (χ2v) is 4.83. The van der Waals surface area contributed by atoms with Crippen molar-refractivity contribution in [3.63, 3.8) is 0 Å². The molecule has 1 aliphatic rings. The first-order valence-corrected chi connectivity index (χ1v) is 6.12. The Kier molecular flexibility index (Phi) is 3.48. The van der Waals surface area contributed by atoms with Crippen LogP contribution in [0.3, 0.4) is 0 Å². The van der Waals surface area contributed by atoms with Crippen LogP contribution in [0, 0.1) is 0 Å². The van der Waals surface area contributed by atoms with Crippen LogP contribution >= 0.6 is 11.6 Å². The Labute approximate surface area is 105 Å². The molecule has 1 heterocycles. The largest absolute Gasteiger partial charge is 0.312 e. The molecule has 1 fully saturated rings. The number of ketones is 1. The second kappa shape index (κ2) is 4.88. The highest BCUT2D eigenvalue weighted by atomic mass is 35.5. The molecule has 1 amide bonds. The molecule has 0 N–H and O–H groups in total. The number of rotatable bonds is 3. The monoisotopic (exact) mass is 251 g/mol. The zero-order chi connectivity index (χ0) is 12.4. The molecule has 0 radical (unpaired) electrons. The molecule has 0 aromatic heterocycles. The van der Waals surface area contributed by atoms with E-state index in [1.54, 1.807) is 36.1 Å². The summed E-state index contributed by atoms with van der Waals surface area (Å²) < 4.78 is 0. The molecule has 1 aliphatic heterocycles. The van der Waals surface area contributed by atoms with Gasteiger partial charge in [-0.25, -0.2) is 0 Å². The number of amides is 1. The fourth-order valence-electron chi connectivity index (χ4n) is 1.96. The van der Waals surface area contributed by atoms with Crippen molar-refractivity contribution in [2.75, 3.05) is 11.4 Å². The Hall–Kier alpha value is -1.35. The van der Waals surface area contributed by atoms with Crippen molar-refractivity contribution in [3.05, 3.63) is 29.8 Å². The van der Waals surface area contributed by atoms with Gasteiger partial charge in [-0.1, -0.05) is 0 Å². The van der Waals surface area contributed by atoms with Gasteiger partial charge >= 0.3 is 0 Å². The van der Waals surface area contributed by atoms with Crippen molar-refractivity contribution >= 4 is 29.0 Å². The quantitative estimate of drug-likeness (QED) is 0.612. The lowest BCUT2D eigenvalue weighted by Gasteiger charge is -2.15. The third-order valence-corrected chi connectivity index (χ3v) is 3.10. The highest BCUT2D eigenvalue weighted by Gasteiger charge is 2.21. The van der Waals surface area contributed by atoms with Gasteiger partial charge in [0.25, 0.3) is 0 Å². The van der Waals surface area contributed by atoms with Crippen molar-refractivity contribution in [2.24, 2.45) is 0 Å². The maximum absolute atomic E-state index is 11.6. The molecular formula is C13H14ClNO2. The van der Waals surface area contributed by atoms with E-state index in [0.717, 1.165) is 18.7 Å². The molecule has 1 aromatic rings. The maximum atomic E-state index is 11.6. The molecule has 3 nitrogen and oxygen atoms in total. The van der Waals surface area contributed by atoms with Crippen LogP contribution in [-0.2, 0) is 4.79 Å². The van der Waals surface area contributed by atoms with E-state index >= 15 is 0 Å². The van der Waals surface area contributed by atoms with Crippen LogP contribution in [-0.4, -0.2) is 23.6 Å². The second-order valence-electron chi connectivity index (χ2n) is 4.18. The van der Waals surface area contributed by atoms with E-state index in [-0.39, 0.29) is 11.7 Å². The van der Waals surface area contributed by atoms with Gasteiger partial charge in [0.2, 0.25) is 5.91 Å². The summed E-state index contributed by atoms with van der Waals surface area (Å²) >= 11 is 5.74. The predicted octanol–water partition coefficient (Wildman–Crippen LogP) is 2.62. The number of halogens is 1. The van der Waals surface area contributed by atoms with Gasteiger partial charge in [-0.05, 0) is 37.6 Å². The van der Waals surface area contributed by atoms with Crippen LogP contribution in [0.25, 0.3) is 0 Å². The number of anilines is 1. The first-order valence-electron chi connectivity index (χ1n) is 5.68. The van der Waals surface area contributed by atoms with Crippen LogP contribution in [0.5, 0.6) is 0 Å². The smallest absolute Gasteiger partial charge is 0.227 e. The summed E-state index contributed by atoms with van der Waals surface area (Å²) in [6.45, 7) is 2.42. The van der Waals surface area contributed by atoms with Gasteiger partial charge in [0.15, 0.2) is 5.78 Å². The Morgan fingerprint density at radius 3 is 2.47 bits per heavy atom. The van der Waals surface area contributed by atoms with Gasteiger partial charge in [-0.2, -0.15) is 0 Å². The van der Waals surface area contributed by atoms with Crippen molar-refractivity contribution in [2.45, 2.75) is 25.1 Å². The lowest BCUT2D eigenvalue weighted by atomic mass is 10.1. The maximum Gasteiger partial charge on any atom is 0.227 e. The van der Waals surface area contributed by atoms with E-state index in [4.69, 9.17) is 11.6 Å². The topological polar surface area (TPSA) is 37.4 Å². The summed E-state index contributed by atoms with van der Waals surface area (Å²) in [5.74, 6) is 0.0563. The average molecular weight is 252 g/mol. The summed E-state index contributed by atoms with van der Waals surface area (Å²) in [5.41, 5.74) is 1.44. The van der Waals surface area contributed by atoms with Crippen molar-refractivity contribution in [1.29, 1.82) is 0 Å². The summed E-state index contributed by atoms with van der Waals surface area (Å²) in [6.07, 6.45) is 1.51. The summed E-state index contributed by atoms with van der Waals surface area (Å²) in [7, 11) is 0. The zero-order valence-electron chi connectivity index (χ0n) is 9.65. The third-order valence-electron chi connectivity index (χ3n) is 2.90. The van der Waals surface area contributed by atoms with E-state index in [9.17, 15) is 9.59 Å². The fourth-order valence-corrected chi connectivity index (χ4v) is 2.08. The number of hydrogen-bond acceptors (Lipinski definition) is 2. The van der Waals surface area contributed by atoms with Crippen LogP contribution < -0.4 is 4.90 Å². The molecular weight excluding hydrogens is 238 g/mol. The van der Waals surface area contributed by atoms with Gasteiger partial charge in [0, 0.05) is 24.2 Å². The Bertz CT molecular complexity index is 439. The number of carbonyl (C=O) groups excluding carboxylic acids is 2. The Balaban J connectivity index is 2.18. The molecule has 2 rings (SSSR count). The molecule has 1 saturated heterocycles. The minimum atomic E-state index is -0.519. The number of Topliss-reactive ketones (excluding diaryl/α,β-unsaturated/α-hetero) is 1. The highest BCUT2D eigenvalue weighted by Crippen LogP contribution is 2.22. The molecule has 90 valence electrons. The molecule has 1 unspecified atom stereocenters. The number of benzene rings is 1. The standard InChI is InChI=1S/C13H14ClNO2/c1-9(14)13(17)10-4-6-11(7-5-10)15-8-2-3-12(15)16/h4-7,9H,2-3,8H2,1H3. The van der Waals surface area contributed by atoms with Crippen molar-refractivity contribution in [1.82, 2.24) is 0 Å². The molecule has 0 saturated carbocycles. The first kappa shape index (κ1) is 12.1. The summed E-state index contributed by atoms with van der Waals surface area (Å²) in [6, 6.07) is 7.05.